The predicted molar refractivity (Wildman–Crippen MR) is 135 cm³/mol. The summed E-state index contributed by atoms with van der Waals surface area (Å²) < 4.78 is 5.62. The molecule has 0 spiro atoms. The molecule has 176 valence electrons. The molecule has 0 aliphatic carbocycles. The number of carbonyl (C=O) groups is 2. The number of ether oxygens (including phenoxy) is 1. The zero-order chi connectivity index (χ0) is 23.0. The van der Waals surface area contributed by atoms with Gasteiger partial charge in [0.15, 0.2) is 0 Å². The van der Waals surface area contributed by atoms with E-state index in [2.05, 4.69) is 10.2 Å². The third-order valence-electron chi connectivity index (χ3n) is 6.11. The van der Waals surface area contributed by atoms with Crippen molar-refractivity contribution in [2.24, 2.45) is 5.92 Å². The molecule has 0 aromatic heterocycles. The number of hydrogen-bond acceptors (Lipinski definition) is 5. The number of rotatable bonds is 7. The van der Waals surface area contributed by atoms with Crippen molar-refractivity contribution in [3.63, 3.8) is 0 Å². The van der Waals surface area contributed by atoms with Crippen molar-refractivity contribution in [3.8, 4) is 5.75 Å². The lowest BCUT2D eigenvalue weighted by atomic mass is 9.95. The van der Waals surface area contributed by atoms with Gasteiger partial charge in [-0.25, -0.2) is 0 Å². The highest BCUT2D eigenvalue weighted by Crippen LogP contribution is 2.31. The second-order valence-corrected chi connectivity index (χ2v) is 9.95. The smallest absolute Gasteiger partial charge is 0.227 e. The van der Waals surface area contributed by atoms with Crippen LogP contribution >= 0.6 is 23.4 Å². The highest BCUT2D eigenvalue weighted by molar-refractivity contribution is 7.99. The van der Waals surface area contributed by atoms with E-state index >= 15 is 0 Å². The van der Waals surface area contributed by atoms with Crippen LogP contribution in [0.4, 0.5) is 11.4 Å². The van der Waals surface area contributed by atoms with Crippen LogP contribution in [0.5, 0.6) is 5.75 Å². The van der Waals surface area contributed by atoms with Gasteiger partial charge >= 0.3 is 0 Å². The second-order valence-electron chi connectivity index (χ2n) is 8.32. The summed E-state index contributed by atoms with van der Waals surface area (Å²) in [5, 5.41) is 3.67. The summed E-state index contributed by atoms with van der Waals surface area (Å²) in [4.78, 5) is 29.4. The molecule has 6 nitrogen and oxygen atoms in total. The van der Waals surface area contributed by atoms with Crippen molar-refractivity contribution in [2.45, 2.75) is 19.3 Å². The third kappa shape index (κ3) is 6.58. The number of likely N-dealkylation sites (tertiary alicyclic amines) is 1. The van der Waals surface area contributed by atoms with E-state index in [0.29, 0.717) is 44.0 Å². The molecule has 2 saturated heterocycles. The number of nitrogens with zero attached hydrogens (tertiary/aromatic N) is 2. The molecule has 2 aromatic carbocycles. The Kier molecular flexibility index (Phi) is 8.40. The molecular weight excluding hydrogens is 458 g/mol. The van der Waals surface area contributed by atoms with Crippen molar-refractivity contribution in [3.05, 3.63) is 53.6 Å². The van der Waals surface area contributed by atoms with Crippen LogP contribution in [0.2, 0.25) is 5.02 Å². The molecule has 2 aliphatic rings. The van der Waals surface area contributed by atoms with Gasteiger partial charge in [-0.2, -0.15) is 11.8 Å². The van der Waals surface area contributed by atoms with Crippen LogP contribution < -0.4 is 15.0 Å². The van der Waals surface area contributed by atoms with Gasteiger partial charge < -0.3 is 19.9 Å². The maximum atomic E-state index is 12.8. The summed E-state index contributed by atoms with van der Waals surface area (Å²) in [6.45, 7) is 3.53. The summed E-state index contributed by atoms with van der Waals surface area (Å²) >= 11 is 8.47. The van der Waals surface area contributed by atoms with Gasteiger partial charge in [-0.1, -0.05) is 29.8 Å². The Hall–Kier alpha value is -2.38. The third-order valence-corrected chi connectivity index (χ3v) is 7.36. The Morgan fingerprint density at radius 1 is 1.03 bits per heavy atom. The molecule has 2 amide bonds. The molecule has 8 heteroatoms. The minimum atomic E-state index is -0.104. The zero-order valence-electron chi connectivity index (χ0n) is 18.7. The Morgan fingerprint density at radius 2 is 1.76 bits per heavy atom. The van der Waals surface area contributed by atoms with Crippen molar-refractivity contribution in [1.29, 1.82) is 0 Å². The SMILES string of the molecule is O=C(Nc1ccc(N2CCSCC2)c(Cl)c1)C1CCN(C(=O)CCOc2ccccc2)CC1. The first-order valence-corrected chi connectivity index (χ1v) is 13.0. The fourth-order valence-electron chi connectivity index (χ4n) is 4.21. The molecule has 33 heavy (non-hydrogen) atoms. The number of hydrogen-bond donors (Lipinski definition) is 1. The first kappa shape index (κ1) is 23.8. The minimum Gasteiger partial charge on any atom is -0.493 e. The molecule has 2 aliphatic heterocycles. The Morgan fingerprint density at radius 3 is 2.45 bits per heavy atom. The number of benzene rings is 2. The van der Waals surface area contributed by atoms with E-state index in [9.17, 15) is 9.59 Å². The lowest BCUT2D eigenvalue weighted by Crippen LogP contribution is -2.41. The number of nitrogens with one attached hydrogen (secondary N) is 1. The van der Waals surface area contributed by atoms with Crippen molar-refractivity contribution in [1.82, 2.24) is 4.90 Å². The molecular formula is C25H30ClN3O3S. The van der Waals surface area contributed by atoms with E-state index in [-0.39, 0.29) is 17.7 Å². The maximum absolute atomic E-state index is 12.8. The number of amides is 2. The largest absolute Gasteiger partial charge is 0.493 e. The van der Waals surface area contributed by atoms with Gasteiger partial charge in [0.1, 0.15) is 5.75 Å². The van der Waals surface area contributed by atoms with Gasteiger partial charge in [0.25, 0.3) is 0 Å². The van der Waals surface area contributed by atoms with Crippen LogP contribution in [0.1, 0.15) is 19.3 Å². The van der Waals surface area contributed by atoms with E-state index in [1.54, 1.807) is 0 Å². The monoisotopic (exact) mass is 487 g/mol. The van der Waals surface area contributed by atoms with Gasteiger partial charge in [-0.3, -0.25) is 9.59 Å². The van der Waals surface area contributed by atoms with Crippen LogP contribution in [-0.4, -0.2) is 61.0 Å². The average molecular weight is 488 g/mol. The highest BCUT2D eigenvalue weighted by Gasteiger charge is 2.27. The second kappa shape index (κ2) is 11.7. The lowest BCUT2D eigenvalue weighted by Gasteiger charge is -2.31. The van der Waals surface area contributed by atoms with Gasteiger partial charge in [-0.05, 0) is 43.2 Å². The molecule has 0 unspecified atom stereocenters. The van der Waals surface area contributed by atoms with Crippen molar-refractivity contribution < 1.29 is 14.3 Å². The van der Waals surface area contributed by atoms with E-state index in [0.717, 1.165) is 41.7 Å². The molecule has 4 rings (SSSR count). The highest BCUT2D eigenvalue weighted by atomic mass is 35.5. The molecule has 0 radical (unpaired) electrons. The predicted octanol–water partition coefficient (Wildman–Crippen LogP) is 4.54. The lowest BCUT2D eigenvalue weighted by molar-refractivity contribution is -0.135. The van der Waals surface area contributed by atoms with Crippen molar-refractivity contribution in [2.75, 3.05) is 54.5 Å². The molecule has 0 atom stereocenters. The van der Waals surface area contributed by atoms with Gasteiger partial charge in [0.2, 0.25) is 11.8 Å². The molecule has 2 aromatic rings. The Bertz CT molecular complexity index is 945. The average Bonchev–Trinajstić information content (AvgIpc) is 2.85. The first-order valence-electron chi connectivity index (χ1n) is 11.5. The zero-order valence-corrected chi connectivity index (χ0v) is 20.2. The number of halogens is 1. The normalized spacial score (nSPS) is 17.0. The number of carbonyl (C=O) groups excluding carboxylic acids is 2. The van der Waals surface area contributed by atoms with Gasteiger partial charge in [0, 0.05) is 49.3 Å². The maximum Gasteiger partial charge on any atom is 0.227 e. The summed E-state index contributed by atoms with van der Waals surface area (Å²) in [7, 11) is 0. The number of piperidine rings is 1. The van der Waals surface area contributed by atoms with Crippen LogP contribution in [0.3, 0.4) is 0 Å². The fourth-order valence-corrected chi connectivity index (χ4v) is 5.41. The molecule has 2 fully saturated rings. The van der Waals surface area contributed by atoms with Crippen LogP contribution in [0, 0.1) is 5.92 Å². The topological polar surface area (TPSA) is 61.9 Å². The van der Waals surface area contributed by atoms with E-state index in [1.807, 2.05) is 65.2 Å². The molecule has 0 bridgehead atoms. The Balaban J connectivity index is 1.21. The summed E-state index contributed by atoms with van der Waals surface area (Å²) in [5.41, 5.74) is 1.75. The first-order chi connectivity index (χ1) is 16.1. The summed E-state index contributed by atoms with van der Waals surface area (Å²) in [5.74, 6) is 2.94. The van der Waals surface area contributed by atoms with Crippen LogP contribution in [0.25, 0.3) is 0 Å². The number of thioether (sulfide) groups is 1. The van der Waals surface area contributed by atoms with Crippen LogP contribution in [0.15, 0.2) is 48.5 Å². The van der Waals surface area contributed by atoms with Gasteiger partial charge in [0.05, 0.1) is 23.7 Å². The number of para-hydroxylation sites is 1. The quantitative estimate of drug-likeness (QED) is 0.621. The standard InChI is InChI=1S/C25H30ClN3O3S/c26-22-18-20(6-7-23(22)28-13-16-33-17-14-28)27-25(31)19-8-11-29(12-9-19)24(30)10-15-32-21-4-2-1-3-5-21/h1-7,18-19H,8-17H2,(H,27,31). The Labute approximate surface area is 204 Å². The van der Waals surface area contributed by atoms with Crippen molar-refractivity contribution >= 4 is 46.6 Å². The summed E-state index contributed by atoms with van der Waals surface area (Å²) in [6.07, 6.45) is 1.66. The fraction of sp³-hybridized carbons (Fsp3) is 0.440. The molecule has 2 heterocycles. The van der Waals surface area contributed by atoms with Crippen LogP contribution in [-0.2, 0) is 9.59 Å². The number of anilines is 2. The van der Waals surface area contributed by atoms with E-state index in [1.165, 1.54) is 0 Å². The molecule has 1 N–H and O–H groups in total. The minimum absolute atomic E-state index is 0.00676. The van der Waals surface area contributed by atoms with E-state index < -0.39 is 0 Å². The summed E-state index contributed by atoms with van der Waals surface area (Å²) in [6, 6.07) is 15.2. The molecule has 0 saturated carbocycles. The van der Waals surface area contributed by atoms with Gasteiger partial charge in [-0.15, -0.1) is 0 Å². The van der Waals surface area contributed by atoms with E-state index in [4.69, 9.17) is 16.3 Å².